The number of hydrogen-bond donors (Lipinski definition) is 1. The van der Waals surface area contributed by atoms with Gasteiger partial charge in [0.25, 0.3) is 0 Å². The molecule has 0 aliphatic rings. The van der Waals surface area contributed by atoms with Gasteiger partial charge in [-0.2, -0.15) is 0 Å². The molecule has 3 heteroatoms. The highest BCUT2D eigenvalue weighted by atomic mass is 79.9. The Labute approximate surface area is 96.3 Å². The third kappa shape index (κ3) is 1.60. The zero-order valence-electron chi connectivity index (χ0n) is 8.17. The van der Waals surface area contributed by atoms with Crippen LogP contribution in [0.1, 0.15) is 18.5 Å². The fraction of sp³-hybridized carbons (Fsp3) is 0.273. The lowest BCUT2D eigenvalue weighted by molar-refractivity contribution is 0.659. The van der Waals surface area contributed by atoms with Crippen LogP contribution in [0.3, 0.4) is 0 Å². The van der Waals surface area contributed by atoms with Gasteiger partial charge in [0.15, 0.2) is 0 Å². The van der Waals surface area contributed by atoms with Gasteiger partial charge >= 0.3 is 0 Å². The van der Waals surface area contributed by atoms with Crippen LogP contribution in [0.4, 0.5) is 0 Å². The normalized spacial score (nSPS) is 13.4. The Morgan fingerprint density at radius 2 is 2.21 bits per heavy atom. The maximum Gasteiger partial charge on any atom is 0.0488 e. The summed E-state index contributed by atoms with van der Waals surface area (Å²) in [5, 5.41) is 6.86. The lowest BCUT2D eigenvalue weighted by atomic mass is 10.1. The van der Waals surface area contributed by atoms with Crippen molar-refractivity contribution in [3.05, 3.63) is 33.6 Å². The van der Waals surface area contributed by atoms with Gasteiger partial charge in [0.2, 0.25) is 0 Å². The maximum atomic E-state index is 3.57. The van der Waals surface area contributed by atoms with Crippen LogP contribution in [-0.2, 0) is 0 Å². The van der Waals surface area contributed by atoms with Crippen molar-refractivity contribution in [2.24, 2.45) is 0 Å². The number of nitrogens with one attached hydrogen (secondary N) is 1. The van der Waals surface area contributed by atoms with Crippen LogP contribution in [0.25, 0.3) is 10.1 Å². The molecule has 0 aliphatic heterocycles. The van der Waals surface area contributed by atoms with Crippen LogP contribution in [-0.4, -0.2) is 7.05 Å². The van der Waals surface area contributed by atoms with Crippen LogP contribution >= 0.6 is 27.3 Å². The molecule has 1 unspecified atom stereocenters. The van der Waals surface area contributed by atoms with Crippen molar-refractivity contribution in [1.29, 1.82) is 0 Å². The summed E-state index contributed by atoms with van der Waals surface area (Å²) < 4.78 is 2.53. The van der Waals surface area contributed by atoms with Gasteiger partial charge in [-0.1, -0.05) is 12.1 Å². The molecule has 1 aromatic heterocycles. The largest absolute Gasteiger partial charge is 0.313 e. The van der Waals surface area contributed by atoms with E-state index < -0.39 is 0 Å². The van der Waals surface area contributed by atoms with Crippen LogP contribution < -0.4 is 5.32 Å². The molecule has 0 saturated heterocycles. The minimum Gasteiger partial charge on any atom is -0.313 e. The van der Waals surface area contributed by atoms with Crippen LogP contribution in [0.15, 0.2) is 28.1 Å². The van der Waals surface area contributed by atoms with E-state index in [1.807, 2.05) is 7.05 Å². The number of rotatable bonds is 2. The first-order valence-corrected chi connectivity index (χ1v) is 6.24. The van der Waals surface area contributed by atoms with Crippen LogP contribution in [0.5, 0.6) is 0 Å². The second kappa shape index (κ2) is 4.01. The van der Waals surface area contributed by atoms with E-state index in [0.29, 0.717) is 6.04 Å². The smallest absolute Gasteiger partial charge is 0.0488 e. The second-order valence-electron chi connectivity index (χ2n) is 3.32. The zero-order chi connectivity index (χ0) is 10.1. The summed E-state index contributed by atoms with van der Waals surface area (Å²) in [7, 11) is 1.99. The first kappa shape index (κ1) is 10.1. The van der Waals surface area contributed by atoms with Crippen molar-refractivity contribution in [2.45, 2.75) is 13.0 Å². The Hall–Kier alpha value is -0.380. The Morgan fingerprint density at radius 1 is 1.43 bits per heavy atom. The minimum atomic E-state index is 0.415. The molecule has 1 heterocycles. The minimum absolute atomic E-state index is 0.415. The fourth-order valence-electron chi connectivity index (χ4n) is 1.53. The predicted molar refractivity (Wildman–Crippen MR) is 67.0 cm³/mol. The molecule has 0 aliphatic carbocycles. The SMILES string of the molecule is CNC(C)c1csc2c(Br)cccc12. The van der Waals surface area contributed by atoms with E-state index in [1.165, 1.54) is 20.1 Å². The standard InChI is InChI=1S/C11H12BrNS/c1-7(13-2)9-6-14-11-8(9)4-3-5-10(11)12/h3-7,13H,1-2H3. The molecule has 0 spiro atoms. The molecule has 0 saturated carbocycles. The van der Waals surface area contributed by atoms with E-state index in [9.17, 15) is 0 Å². The van der Waals surface area contributed by atoms with E-state index in [0.717, 1.165) is 0 Å². The summed E-state index contributed by atoms with van der Waals surface area (Å²) in [4.78, 5) is 0. The molecular weight excluding hydrogens is 258 g/mol. The summed E-state index contributed by atoms with van der Waals surface area (Å²) in [5.41, 5.74) is 1.38. The number of hydrogen-bond acceptors (Lipinski definition) is 2. The highest BCUT2D eigenvalue weighted by Gasteiger charge is 2.10. The van der Waals surface area contributed by atoms with E-state index in [-0.39, 0.29) is 0 Å². The summed E-state index contributed by atoms with van der Waals surface area (Å²) in [6.45, 7) is 2.18. The van der Waals surface area contributed by atoms with Gasteiger partial charge in [-0.25, -0.2) is 0 Å². The summed E-state index contributed by atoms with van der Waals surface area (Å²) >= 11 is 5.37. The topological polar surface area (TPSA) is 12.0 Å². The van der Waals surface area contributed by atoms with Crippen molar-refractivity contribution in [3.8, 4) is 0 Å². The van der Waals surface area contributed by atoms with Gasteiger partial charge in [0, 0.05) is 15.2 Å². The number of benzene rings is 1. The highest BCUT2D eigenvalue weighted by Crippen LogP contribution is 2.34. The number of fused-ring (bicyclic) bond motifs is 1. The molecule has 1 N–H and O–H groups in total. The molecule has 74 valence electrons. The molecule has 1 atom stereocenters. The summed E-state index contributed by atoms with van der Waals surface area (Å²) in [6, 6.07) is 6.77. The van der Waals surface area contributed by atoms with E-state index in [1.54, 1.807) is 11.3 Å². The Bertz CT molecular complexity index is 449. The van der Waals surface area contributed by atoms with E-state index in [2.05, 4.69) is 51.7 Å². The van der Waals surface area contributed by atoms with Crippen molar-refractivity contribution in [1.82, 2.24) is 5.32 Å². The quantitative estimate of drug-likeness (QED) is 0.871. The average Bonchev–Trinajstić information content (AvgIpc) is 2.62. The molecule has 2 aromatic rings. The van der Waals surface area contributed by atoms with Crippen molar-refractivity contribution in [3.63, 3.8) is 0 Å². The fourth-order valence-corrected chi connectivity index (χ4v) is 3.25. The maximum absolute atomic E-state index is 3.57. The summed E-state index contributed by atoms with van der Waals surface area (Å²) in [5.74, 6) is 0. The molecule has 2 rings (SSSR count). The molecule has 0 bridgehead atoms. The third-order valence-electron chi connectivity index (χ3n) is 2.48. The Kier molecular flexibility index (Phi) is 2.91. The van der Waals surface area contributed by atoms with E-state index >= 15 is 0 Å². The van der Waals surface area contributed by atoms with Crippen molar-refractivity contribution >= 4 is 37.4 Å². The average molecular weight is 270 g/mol. The lowest BCUT2D eigenvalue weighted by Crippen LogP contribution is -2.11. The Morgan fingerprint density at radius 3 is 2.93 bits per heavy atom. The first-order valence-electron chi connectivity index (χ1n) is 4.57. The van der Waals surface area contributed by atoms with Gasteiger partial charge in [-0.3, -0.25) is 0 Å². The van der Waals surface area contributed by atoms with Gasteiger partial charge in [-0.15, -0.1) is 11.3 Å². The van der Waals surface area contributed by atoms with Crippen LogP contribution in [0, 0.1) is 0 Å². The molecule has 0 amide bonds. The van der Waals surface area contributed by atoms with Gasteiger partial charge in [-0.05, 0) is 52.3 Å². The number of thiophene rings is 1. The van der Waals surface area contributed by atoms with Crippen molar-refractivity contribution < 1.29 is 0 Å². The predicted octanol–water partition coefficient (Wildman–Crippen LogP) is 3.94. The van der Waals surface area contributed by atoms with Gasteiger partial charge in [0.05, 0.1) is 0 Å². The number of halogens is 1. The van der Waals surface area contributed by atoms with Crippen LogP contribution in [0.2, 0.25) is 0 Å². The van der Waals surface area contributed by atoms with Crippen molar-refractivity contribution in [2.75, 3.05) is 7.05 Å². The van der Waals surface area contributed by atoms with Gasteiger partial charge < -0.3 is 5.32 Å². The first-order chi connectivity index (χ1) is 6.74. The lowest BCUT2D eigenvalue weighted by Gasteiger charge is -2.08. The van der Waals surface area contributed by atoms with E-state index in [4.69, 9.17) is 0 Å². The Balaban J connectivity index is 2.63. The molecule has 14 heavy (non-hydrogen) atoms. The molecule has 1 nitrogen and oxygen atoms in total. The van der Waals surface area contributed by atoms with Gasteiger partial charge in [0.1, 0.15) is 0 Å². The highest BCUT2D eigenvalue weighted by molar-refractivity contribution is 9.10. The molecule has 0 radical (unpaired) electrons. The monoisotopic (exact) mass is 269 g/mol. The summed E-state index contributed by atoms with van der Waals surface area (Å²) in [6.07, 6.45) is 0. The zero-order valence-corrected chi connectivity index (χ0v) is 10.6. The molecule has 1 aromatic carbocycles. The molecular formula is C11H12BrNS. The second-order valence-corrected chi connectivity index (χ2v) is 5.05. The molecule has 0 fully saturated rings. The third-order valence-corrected chi connectivity index (χ3v) is 4.45.